The fraction of sp³-hybridized carbons (Fsp3) is 0.440. The summed E-state index contributed by atoms with van der Waals surface area (Å²) in [6.45, 7) is 11.9. The third-order valence-corrected chi connectivity index (χ3v) is 5.89. The molecule has 3 aromatic rings. The van der Waals surface area contributed by atoms with Crippen molar-refractivity contribution in [3.05, 3.63) is 47.8 Å². The molecule has 1 saturated heterocycles. The summed E-state index contributed by atoms with van der Waals surface area (Å²) in [6.07, 6.45) is 0. The molecule has 33 heavy (non-hydrogen) atoms. The van der Waals surface area contributed by atoms with E-state index in [2.05, 4.69) is 58.5 Å². The fourth-order valence-corrected chi connectivity index (χ4v) is 4.04. The van der Waals surface area contributed by atoms with Gasteiger partial charge in [-0.3, -0.25) is 4.57 Å². The number of ether oxygens (including phenoxy) is 1. The van der Waals surface area contributed by atoms with Crippen molar-refractivity contribution in [1.29, 1.82) is 0 Å². The molecule has 1 aromatic heterocycles. The molecule has 0 saturated carbocycles. The zero-order valence-corrected chi connectivity index (χ0v) is 19.7. The van der Waals surface area contributed by atoms with Gasteiger partial charge < -0.3 is 25.2 Å². The lowest BCUT2D eigenvalue weighted by molar-refractivity contribution is 0.122. The van der Waals surface area contributed by atoms with Gasteiger partial charge in [0.05, 0.1) is 25.3 Å². The molecule has 0 spiro atoms. The van der Waals surface area contributed by atoms with Gasteiger partial charge in [-0.25, -0.2) is 0 Å². The second-order valence-electron chi connectivity index (χ2n) is 9.01. The predicted molar refractivity (Wildman–Crippen MR) is 129 cm³/mol. The van der Waals surface area contributed by atoms with Crippen molar-refractivity contribution in [2.75, 3.05) is 31.2 Å². The summed E-state index contributed by atoms with van der Waals surface area (Å²) in [6, 6.07) is 11.8. The summed E-state index contributed by atoms with van der Waals surface area (Å²) in [5, 5.41) is 33.3. The molecule has 1 fully saturated rings. The first-order valence-electron chi connectivity index (χ1n) is 11.5. The zero-order valence-electron chi connectivity index (χ0n) is 19.7. The Bertz CT molecular complexity index is 1090. The van der Waals surface area contributed by atoms with E-state index < -0.39 is 0 Å². The molecule has 2 aromatic carbocycles. The van der Waals surface area contributed by atoms with E-state index in [4.69, 9.17) is 4.74 Å². The van der Waals surface area contributed by atoms with Gasteiger partial charge in [-0.15, -0.1) is 10.2 Å². The monoisotopic (exact) mass is 451 g/mol. The van der Waals surface area contributed by atoms with Crippen LogP contribution in [0.3, 0.4) is 0 Å². The SMILES string of the molecule is CC(C)NCc1nnc(-c2cc(C(C)C)c(O)cc2O)n1-c1ccc(N2CCOCC2)cc1. The smallest absolute Gasteiger partial charge is 0.172 e. The van der Waals surface area contributed by atoms with Crippen LogP contribution in [0.2, 0.25) is 0 Å². The molecule has 1 aliphatic heterocycles. The number of rotatable bonds is 7. The quantitative estimate of drug-likeness (QED) is 0.503. The number of phenols is 2. The van der Waals surface area contributed by atoms with Crippen LogP contribution in [-0.2, 0) is 11.3 Å². The van der Waals surface area contributed by atoms with E-state index in [1.54, 1.807) is 6.07 Å². The second kappa shape index (κ2) is 9.80. The highest BCUT2D eigenvalue weighted by Crippen LogP contribution is 2.38. The molecule has 0 unspecified atom stereocenters. The van der Waals surface area contributed by atoms with Crippen LogP contribution in [0.15, 0.2) is 36.4 Å². The lowest BCUT2D eigenvalue weighted by Crippen LogP contribution is -2.36. The van der Waals surface area contributed by atoms with Gasteiger partial charge in [0.1, 0.15) is 11.5 Å². The number of nitrogens with one attached hydrogen (secondary N) is 1. The molecule has 1 aliphatic rings. The summed E-state index contributed by atoms with van der Waals surface area (Å²) < 4.78 is 7.43. The van der Waals surface area contributed by atoms with Crippen molar-refractivity contribution in [2.24, 2.45) is 0 Å². The van der Waals surface area contributed by atoms with Gasteiger partial charge in [-0.05, 0) is 41.8 Å². The van der Waals surface area contributed by atoms with Gasteiger partial charge in [0.2, 0.25) is 0 Å². The van der Waals surface area contributed by atoms with Gasteiger partial charge in [0.15, 0.2) is 11.6 Å². The molecule has 0 radical (unpaired) electrons. The summed E-state index contributed by atoms with van der Waals surface area (Å²) in [7, 11) is 0. The number of benzene rings is 2. The van der Waals surface area contributed by atoms with Crippen molar-refractivity contribution in [1.82, 2.24) is 20.1 Å². The standard InChI is InChI=1S/C25H33N5O3/c1-16(2)20-13-21(23(32)14-22(20)31)25-28-27-24(15-26-17(3)4)30(25)19-7-5-18(6-8-19)29-9-11-33-12-10-29/h5-8,13-14,16-17,26,31-32H,9-12,15H2,1-4H3. The molecule has 176 valence electrons. The van der Waals surface area contributed by atoms with E-state index >= 15 is 0 Å². The first-order chi connectivity index (χ1) is 15.8. The zero-order chi connectivity index (χ0) is 23.5. The third kappa shape index (κ3) is 4.96. The van der Waals surface area contributed by atoms with Crippen molar-refractivity contribution in [3.8, 4) is 28.6 Å². The summed E-state index contributed by atoms with van der Waals surface area (Å²) >= 11 is 0. The Morgan fingerprint density at radius 2 is 1.61 bits per heavy atom. The second-order valence-corrected chi connectivity index (χ2v) is 9.01. The fourth-order valence-electron chi connectivity index (χ4n) is 4.04. The van der Waals surface area contributed by atoms with Gasteiger partial charge in [0, 0.05) is 36.6 Å². The van der Waals surface area contributed by atoms with Crippen molar-refractivity contribution >= 4 is 5.69 Å². The highest BCUT2D eigenvalue weighted by molar-refractivity contribution is 5.69. The maximum absolute atomic E-state index is 10.7. The van der Waals surface area contributed by atoms with Crippen LogP contribution in [0.5, 0.6) is 11.5 Å². The minimum Gasteiger partial charge on any atom is -0.508 e. The van der Waals surface area contributed by atoms with Gasteiger partial charge in [-0.2, -0.15) is 0 Å². The minimum atomic E-state index is -0.0288. The number of anilines is 1. The Hall–Kier alpha value is -3.10. The van der Waals surface area contributed by atoms with Crippen LogP contribution in [0.1, 0.15) is 45.0 Å². The maximum Gasteiger partial charge on any atom is 0.172 e. The van der Waals surface area contributed by atoms with Crippen molar-refractivity contribution < 1.29 is 14.9 Å². The number of morpholine rings is 1. The van der Waals surface area contributed by atoms with Gasteiger partial charge in [0.25, 0.3) is 0 Å². The van der Waals surface area contributed by atoms with Gasteiger partial charge in [-0.1, -0.05) is 27.7 Å². The molecule has 8 heteroatoms. The van der Waals surface area contributed by atoms with E-state index in [0.717, 1.165) is 49.1 Å². The highest BCUT2D eigenvalue weighted by Gasteiger charge is 2.21. The molecule has 0 atom stereocenters. The van der Waals surface area contributed by atoms with E-state index in [1.165, 1.54) is 6.07 Å². The maximum atomic E-state index is 10.7. The molecule has 0 aliphatic carbocycles. The minimum absolute atomic E-state index is 0.0288. The number of hydrogen-bond acceptors (Lipinski definition) is 7. The lowest BCUT2D eigenvalue weighted by Gasteiger charge is -2.29. The first-order valence-corrected chi connectivity index (χ1v) is 11.5. The number of phenolic OH excluding ortho intramolecular Hbond substituents is 2. The topological polar surface area (TPSA) is 95.7 Å². The lowest BCUT2D eigenvalue weighted by atomic mass is 9.98. The predicted octanol–water partition coefficient (Wildman–Crippen LogP) is 3.80. The number of aromatic nitrogens is 3. The number of nitrogens with zero attached hydrogens (tertiary/aromatic N) is 4. The Labute approximate surface area is 194 Å². The highest BCUT2D eigenvalue weighted by atomic mass is 16.5. The summed E-state index contributed by atoms with van der Waals surface area (Å²) in [5.74, 6) is 1.42. The van der Waals surface area contributed by atoms with Gasteiger partial charge >= 0.3 is 0 Å². The average molecular weight is 452 g/mol. The van der Waals surface area contributed by atoms with Crippen LogP contribution in [0.25, 0.3) is 17.1 Å². The third-order valence-electron chi connectivity index (χ3n) is 5.89. The van der Waals surface area contributed by atoms with E-state index in [-0.39, 0.29) is 23.5 Å². The molecular weight excluding hydrogens is 418 g/mol. The van der Waals surface area contributed by atoms with E-state index in [9.17, 15) is 10.2 Å². The Kier molecular flexibility index (Phi) is 6.85. The molecule has 0 bridgehead atoms. The van der Waals surface area contributed by atoms with Crippen LogP contribution >= 0.6 is 0 Å². The summed E-state index contributed by atoms with van der Waals surface area (Å²) in [4.78, 5) is 2.31. The van der Waals surface area contributed by atoms with Crippen LogP contribution < -0.4 is 10.2 Å². The van der Waals surface area contributed by atoms with E-state index in [0.29, 0.717) is 17.9 Å². The molecule has 2 heterocycles. The largest absolute Gasteiger partial charge is 0.508 e. The van der Waals surface area contributed by atoms with E-state index in [1.807, 2.05) is 18.4 Å². The van der Waals surface area contributed by atoms with Crippen molar-refractivity contribution in [3.63, 3.8) is 0 Å². The number of aromatic hydroxyl groups is 2. The Balaban J connectivity index is 1.78. The normalized spacial score (nSPS) is 14.4. The molecule has 4 rings (SSSR count). The summed E-state index contributed by atoms with van der Waals surface area (Å²) in [5.41, 5.74) is 3.35. The van der Waals surface area contributed by atoms with Crippen molar-refractivity contribution in [2.45, 2.75) is 46.2 Å². The molecule has 3 N–H and O–H groups in total. The average Bonchev–Trinajstić information content (AvgIpc) is 3.22. The van der Waals surface area contributed by atoms with Crippen LogP contribution in [-0.4, -0.2) is 57.3 Å². The van der Waals surface area contributed by atoms with Crippen LogP contribution in [0, 0.1) is 0 Å². The molecular formula is C25H33N5O3. The molecule has 0 amide bonds. The first kappa shape index (κ1) is 23.1. The molecule has 8 nitrogen and oxygen atoms in total. The Morgan fingerprint density at radius 1 is 0.939 bits per heavy atom. The Morgan fingerprint density at radius 3 is 2.24 bits per heavy atom. The van der Waals surface area contributed by atoms with Crippen LogP contribution in [0.4, 0.5) is 5.69 Å². The number of hydrogen-bond donors (Lipinski definition) is 3.